The summed E-state index contributed by atoms with van der Waals surface area (Å²) in [5.41, 5.74) is 1.06. The van der Waals surface area contributed by atoms with Crippen molar-refractivity contribution in [3.8, 4) is 0 Å². The van der Waals surface area contributed by atoms with Crippen molar-refractivity contribution in [3.63, 3.8) is 0 Å². The number of aliphatic imine (C=N–C) groups is 1. The van der Waals surface area contributed by atoms with Crippen molar-refractivity contribution < 1.29 is 9.47 Å². The Hall–Kier alpha value is -0.450. The Bertz CT molecular complexity index is 505. The molecule has 8 heteroatoms. The molecule has 6 nitrogen and oxygen atoms in total. The van der Waals surface area contributed by atoms with Crippen molar-refractivity contribution in [2.45, 2.75) is 51.7 Å². The van der Waals surface area contributed by atoms with Crippen molar-refractivity contribution in [1.29, 1.82) is 0 Å². The Kier molecular flexibility index (Phi) is 11.6. The number of hydrogen-bond donors (Lipinski definition) is 2. The number of halogens is 1. The van der Waals surface area contributed by atoms with Crippen LogP contribution < -0.4 is 10.6 Å². The van der Waals surface area contributed by atoms with E-state index in [-0.39, 0.29) is 24.0 Å². The van der Waals surface area contributed by atoms with Crippen LogP contribution in [0.2, 0.25) is 0 Å². The number of thiazole rings is 1. The lowest BCUT2D eigenvalue weighted by Gasteiger charge is -2.12. The van der Waals surface area contributed by atoms with E-state index in [1.54, 1.807) is 18.4 Å². The van der Waals surface area contributed by atoms with Gasteiger partial charge < -0.3 is 20.1 Å². The van der Waals surface area contributed by atoms with Crippen molar-refractivity contribution >= 4 is 41.3 Å². The Morgan fingerprint density at radius 3 is 2.96 bits per heavy atom. The van der Waals surface area contributed by atoms with E-state index in [9.17, 15) is 0 Å². The minimum absolute atomic E-state index is 0. The lowest BCUT2D eigenvalue weighted by molar-refractivity contribution is 0.0168. The number of hydrogen-bond acceptors (Lipinski definition) is 5. The molecule has 1 atom stereocenters. The molecule has 0 bridgehead atoms. The average molecular weight is 482 g/mol. The number of guanidine groups is 1. The molecular weight excluding hydrogens is 451 g/mol. The van der Waals surface area contributed by atoms with Crippen LogP contribution in [-0.2, 0) is 16.0 Å². The van der Waals surface area contributed by atoms with Crippen molar-refractivity contribution in [1.82, 2.24) is 15.6 Å². The van der Waals surface area contributed by atoms with Gasteiger partial charge in [-0.05, 0) is 19.3 Å². The summed E-state index contributed by atoms with van der Waals surface area (Å²) in [4.78, 5) is 8.85. The summed E-state index contributed by atoms with van der Waals surface area (Å²) in [6.07, 6.45) is 3.54. The van der Waals surface area contributed by atoms with E-state index in [4.69, 9.17) is 9.47 Å². The molecule has 1 fully saturated rings. The molecule has 1 aliphatic rings. The highest BCUT2D eigenvalue weighted by atomic mass is 127. The van der Waals surface area contributed by atoms with Crippen LogP contribution in [0.5, 0.6) is 0 Å². The van der Waals surface area contributed by atoms with Gasteiger partial charge in [-0.1, -0.05) is 13.8 Å². The Balaban J connectivity index is 0.00000312. The summed E-state index contributed by atoms with van der Waals surface area (Å²) >= 11 is 1.72. The van der Waals surface area contributed by atoms with Gasteiger partial charge in [-0.15, -0.1) is 35.3 Å². The summed E-state index contributed by atoms with van der Waals surface area (Å²) in [6, 6.07) is 0. The molecule has 1 aliphatic heterocycles. The van der Waals surface area contributed by atoms with E-state index in [1.165, 1.54) is 5.01 Å². The van der Waals surface area contributed by atoms with E-state index in [0.717, 1.165) is 57.3 Å². The van der Waals surface area contributed by atoms with Crippen molar-refractivity contribution in [2.24, 2.45) is 4.99 Å². The topological polar surface area (TPSA) is 67.8 Å². The van der Waals surface area contributed by atoms with E-state index in [0.29, 0.717) is 18.6 Å². The standard InChI is InChI=1S/C17H30N4O2S.HI/c1-13(2)16-21-14(12-24-16)10-20-17(18-3)19-7-5-8-22-11-15-6-4-9-23-15;/h12-13,15H,4-11H2,1-3H3,(H2,18,19,20);1H. The maximum atomic E-state index is 5.65. The number of ether oxygens (including phenoxy) is 2. The zero-order chi connectivity index (χ0) is 17.2. The number of rotatable bonds is 9. The molecule has 25 heavy (non-hydrogen) atoms. The predicted molar refractivity (Wildman–Crippen MR) is 114 cm³/mol. The van der Waals surface area contributed by atoms with Gasteiger partial charge in [0.05, 0.1) is 30.0 Å². The second-order valence-corrected chi connectivity index (χ2v) is 7.14. The predicted octanol–water partition coefficient (Wildman–Crippen LogP) is 3.14. The zero-order valence-corrected chi connectivity index (χ0v) is 18.6. The molecule has 1 saturated heterocycles. The maximum absolute atomic E-state index is 5.65. The highest BCUT2D eigenvalue weighted by Crippen LogP contribution is 2.18. The van der Waals surface area contributed by atoms with Gasteiger partial charge in [-0.25, -0.2) is 4.98 Å². The minimum Gasteiger partial charge on any atom is -0.379 e. The van der Waals surface area contributed by atoms with Crippen LogP contribution in [0.1, 0.15) is 49.7 Å². The summed E-state index contributed by atoms with van der Waals surface area (Å²) in [5, 5.41) is 9.88. The molecule has 0 aromatic carbocycles. The molecule has 2 rings (SSSR count). The first kappa shape index (κ1) is 22.6. The first-order valence-electron chi connectivity index (χ1n) is 8.77. The van der Waals surface area contributed by atoms with Crippen LogP contribution in [0.15, 0.2) is 10.4 Å². The second-order valence-electron chi connectivity index (χ2n) is 6.25. The normalized spacial score (nSPS) is 17.6. The summed E-state index contributed by atoms with van der Waals surface area (Å²) in [5.74, 6) is 1.28. The first-order valence-corrected chi connectivity index (χ1v) is 9.65. The minimum atomic E-state index is 0. The fraction of sp³-hybridized carbons (Fsp3) is 0.765. The summed E-state index contributed by atoms with van der Waals surface area (Å²) in [7, 11) is 1.78. The number of aromatic nitrogens is 1. The highest BCUT2D eigenvalue weighted by molar-refractivity contribution is 14.0. The molecule has 1 aromatic heterocycles. The molecule has 144 valence electrons. The fourth-order valence-corrected chi connectivity index (χ4v) is 3.27. The Morgan fingerprint density at radius 2 is 2.32 bits per heavy atom. The molecule has 2 N–H and O–H groups in total. The third-order valence-electron chi connectivity index (χ3n) is 3.81. The van der Waals surface area contributed by atoms with Crippen LogP contribution >= 0.6 is 35.3 Å². The zero-order valence-electron chi connectivity index (χ0n) is 15.4. The molecule has 1 unspecified atom stereocenters. The second kappa shape index (κ2) is 12.8. The van der Waals surface area contributed by atoms with Gasteiger partial charge in [0.2, 0.25) is 0 Å². The fourth-order valence-electron chi connectivity index (χ4n) is 2.44. The largest absolute Gasteiger partial charge is 0.379 e. The Morgan fingerprint density at radius 1 is 1.48 bits per heavy atom. The van der Waals surface area contributed by atoms with E-state index < -0.39 is 0 Å². The van der Waals surface area contributed by atoms with Crippen LogP contribution in [0.4, 0.5) is 0 Å². The molecule has 0 saturated carbocycles. The summed E-state index contributed by atoms with van der Waals surface area (Å²) in [6.45, 7) is 8.20. The molecule has 0 aliphatic carbocycles. The lowest BCUT2D eigenvalue weighted by Crippen LogP contribution is -2.37. The van der Waals surface area contributed by atoms with Gasteiger partial charge in [0, 0.05) is 38.1 Å². The number of nitrogens with zero attached hydrogens (tertiary/aromatic N) is 2. The van der Waals surface area contributed by atoms with Gasteiger partial charge in [0.1, 0.15) is 0 Å². The monoisotopic (exact) mass is 482 g/mol. The van der Waals surface area contributed by atoms with Crippen LogP contribution in [0.25, 0.3) is 0 Å². The highest BCUT2D eigenvalue weighted by Gasteiger charge is 2.14. The summed E-state index contributed by atoms with van der Waals surface area (Å²) < 4.78 is 11.2. The molecule has 0 spiro atoms. The first-order chi connectivity index (χ1) is 11.7. The van der Waals surface area contributed by atoms with Crippen molar-refractivity contribution in [2.75, 3.05) is 33.4 Å². The van der Waals surface area contributed by atoms with Gasteiger partial charge in [-0.2, -0.15) is 0 Å². The Labute approximate surface area is 172 Å². The quantitative estimate of drug-likeness (QED) is 0.245. The van der Waals surface area contributed by atoms with Gasteiger partial charge >= 0.3 is 0 Å². The molecule has 1 aromatic rings. The van der Waals surface area contributed by atoms with Crippen LogP contribution in [-0.4, -0.2) is 50.5 Å². The molecule has 2 heterocycles. The third kappa shape index (κ3) is 8.65. The number of nitrogens with one attached hydrogen (secondary N) is 2. The van der Waals surface area contributed by atoms with E-state index in [2.05, 4.69) is 39.8 Å². The van der Waals surface area contributed by atoms with Crippen molar-refractivity contribution in [3.05, 3.63) is 16.1 Å². The van der Waals surface area contributed by atoms with E-state index >= 15 is 0 Å². The average Bonchev–Trinajstić information content (AvgIpc) is 3.25. The van der Waals surface area contributed by atoms with Gasteiger partial charge in [-0.3, -0.25) is 4.99 Å². The maximum Gasteiger partial charge on any atom is 0.191 e. The van der Waals surface area contributed by atoms with Crippen LogP contribution in [0.3, 0.4) is 0 Å². The molecule has 0 radical (unpaired) electrons. The third-order valence-corrected chi connectivity index (χ3v) is 5.00. The van der Waals surface area contributed by atoms with E-state index in [1.807, 2.05) is 0 Å². The molecular formula is C17H31IN4O2S. The van der Waals surface area contributed by atoms with Gasteiger partial charge in [0.25, 0.3) is 0 Å². The lowest BCUT2D eigenvalue weighted by atomic mass is 10.2. The van der Waals surface area contributed by atoms with Crippen LogP contribution in [0, 0.1) is 0 Å². The molecule has 0 amide bonds. The smallest absolute Gasteiger partial charge is 0.191 e. The van der Waals surface area contributed by atoms with Gasteiger partial charge in [0.15, 0.2) is 5.96 Å². The SMILES string of the molecule is CN=C(NCCCOCC1CCCO1)NCc1csc(C(C)C)n1.I.